The minimum Gasteiger partial charge on any atom is -0.308 e. The van der Waals surface area contributed by atoms with Crippen LogP contribution in [0.5, 0.6) is 0 Å². The van der Waals surface area contributed by atoms with Crippen molar-refractivity contribution in [1.29, 1.82) is 0 Å². The second kappa shape index (κ2) is 5.96. The smallest absolute Gasteiger partial charge is 0.113 e. The molecule has 5 heteroatoms. The van der Waals surface area contributed by atoms with Gasteiger partial charge in [-0.15, -0.1) is 11.3 Å². The van der Waals surface area contributed by atoms with Gasteiger partial charge in [0.25, 0.3) is 0 Å². The molecule has 1 aliphatic heterocycles. The van der Waals surface area contributed by atoms with Gasteiger partial charge in [0.2, 0.25) is 0 Å². The van der Waals surface area contributed by atoms with Crippen molar-refractivity contribution in [2.75, 3.05) is 19.6 Å². The van der Waals surface area contributed by atoms with E-state index in [9.17, 15) is 0 Å². The third-order valence-electron chi connectivity index (χ3n) is 3.10. The van der Waals surface area contributed by atoms with Gasteiger partial charge in [0, 0.05) is 12.6 Å². The summed E-state index contributed by atoms with van der Waals surface area (Å²) in [5, 5.41) is 4.64. The lowest BCUT2D eigenvalue weighted by atomic mass is 10.1. The molecule has 1 aromatic heterocycles. The molecule has 1 N–H and O–H groups in total. The van der Waals surface area contributed by atoms with Crippen LogP contribution in [0.2, 0.25) is 4.34 Å². The fourth-order valence-electron chi connectivity index (χ4n) is 2.05. The van der Waals surface area contributed by atoms with Crippen LogP contribution in [0.1, 0.15) is 24.8 Å². The normalized spacial score (nSPS) is 19.1. The quantitative estimate of drug-likeness (QED) is 0.900. The molecule has 0 aromatic carbocycles. The van der Waals surface area contributed by atoms with E-state index in [0.29, 0.717) is 6.04 Å². The van der Waals surface area contributed by atoms with Crippen LogP contribution in [0, 0.1) is 0 Å². The molecule has 16 heavy (non-hydrogen) atoms. The van der Waals surface area contributed by atoms with E-state index in [0.717, 1.165) is 15.9 Å². The number of aromatic nitrogens is 1. The molecule has 1 aromatic rings. The zero-order chi connectivity index (χ0) is 11.4. The molecule has 1 aliphatic rings. The highest BCUT2D eigenvalue weighted by Crippen LogP contribution is 2.18. The molecule has 0 spiro atoms. The van der Waals surface area contributed by atoms with Gasteiger partial charge >= 0.3 is 0 Å². The number of hydrogen-bond acceptors (Lipinski definition) is 4. The number of likely N-dealkylation sites (tertiary alicyclic amines) is 1. The maximum absolute atomic E-state index is 5.84. The highest BCUT2D eigenvalue weighted by Gasteiger charge is 2.17. The van der Waals surface area contributed by atoms with Gasteiger partial charge in [-0.1, -0.05) is 18.5 Å². The van der Waals surface area contributed by atoms with Crippen LogP contribution in [0.15, 0.2) is 6.20 Å². The standard InChI is InChI=1S/C11H18ClN3S/c1-2-15-5-3-9(4-6-15)13-8-11-14-7-10(12)16-11/h7,9,13H,2-6,8H2,1H3. The van der Waals surface area contributed by atoms with Gasteiger partial charge < -0.3 is 10.2 Å². The highest BCUT2D eigenvalue weighted by molar-refractivity contribution is 7.15. The second-order valence-corrected chi connectivity index (χ2v) is 5.89. The molecule has 1 fully saturated rings. The summed E-state index contributed by atoms with van der Waals surface area (Å²) in [7, 11) is 0. The predicted octanol–water partition coefficient (Wildman–Crippen LogP) is 2.37. The molecule has 0 aliphatic carbocycles. The van der Waals surface area contributed by atoms with Crippen molar-refractivity contribution < 1.29 is 0 Å². The summed E-state index contributed by atoms with van der Waals surface area (Å²) in [5.41, 5.74) is 0. The minimum atomic E-state index is 0.644. The Hall–Kier alpha value is -0.160. The van der Waals surface area contributed by atoms with Crippen LogP contribution in [0.25, 0.3) is 0 Å². The van der Waals surface area contributed by atoms with Crippen molar-refractivity contribution >= 4 is 22.9 Å². The molecule has 0 unspecified atom stereocenters. The Balaban J connectivity index is 1.71. The van der Waals surface area contributed by atoms with Crippen molar-refractivity contribution in [1.82, 2.24) is 15.2 Å². The lowest BCUT2D eigenvalue weighted by molar-refractivity contribution is 0.206. The summed E-state index contributed by atoms with van der Waals surface area (Å²) in [6, 6.07) is 0.644. The molecular weight excluding hydrogens is 242 g/mol. The molecule has 0 amide bonds. The lowest BCUT2D eigenvalue weighted by Crippen LogP contribution is -2.42. The van der Waals surface area contributed by atoms with Gasteiger partial charge in [-0.2, -0.15) is 0 Å². The van der Waals surface area contributed by atoms with Gasteiger partial charge in [-0.05, 0) is 32.5 Å². The molecule has 2 heterocycles. The maximum atomic E-state index is 5.84. The van der Waals surface area contributed by atoms with Gasteiger partial charge in [0.05, 0.1) is 6.20 Å². The number of nitrogens with zero attached hydrogens (tertiary/aromatic N) is 2. The predicted molar refractivity (Wildman–Crippen MR) is 69.1 cm³/mol. The van der Waals surface area contributed by atoms with E-state index in [-0.39, 0.29) is 0 Å². The maximum Gasteiger partial charge on any atom is 0.113 e. The molecule has 90 valence electrons. The lowest BCUT2D eigenvalue weighted by Gasteiger charge is -2.31. The summed E-state index contributed by atoms with van der Waals surface area (Å²) in [4.78, 5) is 6.74. The number of hydrogen-bond donors (Lipinski definition) is 1. The Bertz CT molecular complexity index is 321. The van der Waals surface area contributed by atoms with Crippen molar-refractivity contribution in [3.05, 3.63) is 15.5 Å². The Morgan fingerprint density at radius 3 is 2.88 bits per heavy atom. The number of thiazole rings is 1. The van der Waals surface area contributed by atoms with E-state index in [1.54, 1.807) is 17.5 Å². The Morgan fingerprint density at radius 1 is 1.56 bits per heavy atom. The van der Waals surface area contributed by atoms with E-state index in [2.05, 4.69) is 22.1 Å². The molecule has 1 saturated heterocycles. The number of nitrogens with one attached hydrogen (secondary N) is 1. The average Bonchev–Trinajstić information content (AvgIpc) is 2.73. The third kappa shape index (κ3) is 3.42. The van der Waals surface area contributed by atoms with E-state index < -0.39 is 0 Å². The summed E-state index contributed by atoms with van der Waals surface area (Å²) in [6.45, 7) is 6.69. The van der Waals surface area contributed by atoms with E-state index >= 15 is 0 Å². The van der Waals surface area contributed by atoms with Crippen molar-refractivity contribution in [3.63, 3.8) is 0 Å². The fourth-order valence-corrected chi connectivity index (χ4v) is 2.96. The van der Waals surface area contributed by atoms with Gasteiger partial charge in [0.15, 0.2) is 0 Å². The molecule has 0 saturated carbocycles. The monoisotopic (exact) mass is 259 g/mol. The van der Waals surface area contributed by atoms with Crippen molar-refractivity contribution in [2.45, 2.75) is 32.4 Å². The van der Waals surface area contributed by atoms with Crippen LogP contribution in [0.4, 0.5) is 0 Å². The third-order valence-corrected chi connectivity index (χ3v) is 4.22. The SMILES string of the molecule is CCN1CCC(NCc2ncc(Cl)s2)CC1. The number of halogens is 1. The minimum absolute atomic E-state index is 0.644. The molecule has 0 bridgehead atoms. The summed E-state index contributed by atoms with van der Waals surface area (Å²) < 4.78 is 0.776. The first-order valence-electron chi connectivity index (χ1n) is 5.84. The second-order valence-electron chi connectivity index (χ2n) is 4.15. The van der Waals surface area contributed by atoms with E-state index in [4.69, 9.17) is 11.6 Å². The number of piperidine rings is 1. The van der Waals surface area contributed by atoms with Gasteiger partial charge in [-0.25, -0.2) is 4.98 Å². The highest BCUT2D eigenvalue weighted by atomic mass is 35.5. The summed E-state index contributed by atoms with van der Waals surface area (Å²) in [6.07, 6.45) is 4.21. The average molecular weight is 260 g/mol. The molecular formula is C11H18ClN3S. The largest absolute Gasteiger partial charge is 0.308 e. The van der Waals surface area contributed by atoms with Crippen LogP contribution in [0.3, 0.4) is 0 Å². The van der Waals surface area contributed by atoms with Crippen LogP contribution >= 0.6 is 22.9 Å². The summed E-state index contributed by atoms with van der Waals surface area (Å²) in [5.74, 6) is 0. The number of rotatable bonds is 4. The molecule has 0 radical (unpaired) electrons. The van der Waals surface area contributed by atoms with Crippen LogP contribution in [-0.4, -0.2) is 35.6 Å². The molecule has 2 rings (SSSR count). The first kappa shape index (κ1) is 12.3. The van der Waals surface area contributed by atoms with E-state index in [1.807, 2.05) is 0 Å². The van der Waals surface area contributed by atoms with Gasteiger partial charge in [-0.3, -0.25) is 0 Å². The van der Waals surface area contributed by atoms with Gasteiger partial charge in [0.1, 0.15) is 9.34 Å². The topological polar surface area (TPSA) is 28.2 Å². The summed E-state index contributed by atoms with van der Waals surface area (Å²) >= 11 is 7.40. The Morgan fingerprint density at radius 2 is 2.31 bits per heavy atom. The van der Waals surface area contributed by atoms with E-state index in [1.165, 1.54) is 32.5 Å². The zero-order valence-corrected chi connectivity index (χ0v) is 11.2. The van der Waals surface area contributed by atoms with Crippen LogP contribution in [-0.2, 0) is 6.54 Å². The Kier molecular flexibility index (Phi) is 4.58. The first-order chi connectivity index (χ1) is 7.78. The fraction of sp³-hybridized carbons (Fsp3) is 0.727. The van der Waals surface area contributed by atoms with Crippen LogP contribution < -0.4 is 5.32 Å². The first-order valence-corrected chi connectivity index (χ1v) is 7.03. The van der Waals surface area contributed by atoms with Crippen molar-refractivity contribution in [2.24, 2.45) is 0 Å². The van der Waals surface area contributed by atoms with Crippen molar-refractivity contribution in [3.8, 4) is 0 Å². The molecule has 3 nitrogen and oxygen atoms in total. The Labute approximate surface area is 106 Å². The zero-order valence-electron chi connectivity index (χ0n) is 9.58. The molecule has 0 atom stereocenters.